The lowest BCUT2D eigenvalue weighted by molar-refractivity contribution is 0.910. The van der Waals surface area contributed by atoms with E-state index in [9.17, 15) is 0 Å². The maximum Gasteiger partial charge on any atom is 0.226 e. The molecular formula is C10H10BrN3S. The Morgan fingerprint density at radius 3 is 3.27 bits per heavy atom. The van der Waals surface area contributed by atoms with Crippen LogP contribution in [0.2, 0.25) is 0 Å². The molecule has 15 heavy (non-hydrogen) atoms. The lowest BCUT2D eigenvalue weighted by Gasteiger charge is -2.14. The summed E-state index contributed by atoms with van der Waals surface area (Å²) >= 11 is 5.30. The van der Waals surface area contributed by atoms with E-state index in [0.29, 0.717) is 4.83 Å². The van der Waals surface area contributed by atoms with Crippen molar-refractivity contribution in [1.82, 2.24) is 9.97 Å². The van der Waals surface area contributed by atoms with E-state index in [4.69, 9.17) is 0 Å². The highest BCUT2D eigenvalue weighted by atomic mass is 79.9. The molecule has 0 radical (unpaired) electrons. The molecule has 0 N–H and O–H groups in total. The molecule has 1 fully saturated rings. The molecule has 3 nitrogen and oxygen atoms in total. The normalized spacial score (nSPS) is 21.4. The molecule has 1 atom stereocenters. The van der Waals surface area contributed by atoms with Gasteiger partial charge in [-0.15, -0.1) is 11.3 Å². The highest BCUT2D eigenvalue weighted by molar-refractivity contribution is 9.09. The van der Waals surface area contributed by atoms with Gasteiger partial charge in [0.2, 0.25) is 5.95 Å². The Kier molecular flexibility index (Phi) is 2.36. The average molecular weight is 284 g/mol. The molecule has 1 saturated heterocycles. The first kappa shape index (κ1) is 9.54. The molecule has 0 saturated carbocycles. The third kappa shape index (κ3) is 1.74. The molecule has 1 aliphatic heterocycles. The molecule has 1 aliphatic rings. The van der Waals surface area contributed by atoms with E-state index < -0.39 is 0 Å². The third-order valence-corrected chi connectivity index (χ3v) is 4.18. The second kappa shape index (κ2) is 3.72. The van der Waals surface area contributed by atoms with Gasteiger partial charge in [0.1, 0.15) is 4.83 Å². The van der Waals surface area contributed by atoms with Crippen LogP contribution in [0.25, 0.3) is 10.2 Å². The molecule has 1 unspecified atom stereocenters. The summed E-state index contributed by atoms with van der Waals surface area (Å²) < 4.78 is 0. The molecule has 2 aromatic heterocycles. The van der Waals surface area contributed by atoms with Crippen molar-refractivity contribution in [2.75, 3.05) is 18.0 Å². The van der Waals surface area contributed by atoms with E-state index >= 15 is 0 Å². The van der Waals surface area contributed by atoms with Crippen molar-refractivity contribution in [2.45, 2.75) is 11.2 Å². The Labute approximate surface area is 100 Å². The highest BCUT2D eigenvalue weighted by Gasteiger charge is 2.22. The summed E-state index contributed by atoms with van der Waals surface area (Å²) in [6, 6.07) is 2.06. The smallest absolute Gasteiger partial charge is 0.226 e. The van der Waals surface area contributed by atoms with Crippen LogP contribution in [0.15, 0.2) is 17.6 Å². The Hall–Kier alpha value is -0.680. The fourth-order valence-corrected chi connectivity index (χ4v) is 3.09. The zero-order chi connectivity index (χ0) is 10.3. The summed E-state index contributed by atoms with van der Waals surface area (Å²) in [5.74, 6) is 0.868. The van der Waals surface area contributed by atoms with Crippen LogP contribution in [-0.4, -0.2) is 27.9 Å². The van der Waals surface area contributed by atoms with Crippen molar-refractivity contribution < 1.29 is 0 Å². The number of thiophene rings is 1. The van der Waals surface area contributed by atoms with Gasteiger partial charge in [0.15, 0.2) is 0 Å². The lowest BCUT2D eigenvalue weighted by atomic mass is 10.4. The van der Waals surface area contributed by atoms with Crippen LogP contribution in [-0.2, 0) is 0 Å². The summed E-state index contributed by atoms with van der Waals surface area (Å²) in [5.41, 5.74) is 0. The monoisotopic (exact) mass is 283 g/mol. The number of fused-ring (bicyclic) bond motifs is 1. The molecule has 0 aliphatic carbocycles. The van der Waals surface area contributed by atoms with Gasteiger partial charge in [-0.3, -0.25) is 0 Å². The minimum Gasteiger partial charge on any atom is -0.340 e. The third-order valence-electron chi connectivity index (χ3n) is 2.61. The molecule has 0 spiro atoms. The largest absolute Gasteiger partial charge is 0.340 e. The predicted octanol–water partition coefficient (Wildman–Crippen LogP) is 2.66. The van der Waals surface area contributed by atoms with Crippen LogP contribution in [0.3, 0.4) is 0 Å². The van der Waals surface area contributed by atoms with Crippen LogP contribution in [0.5, 0.6) is 0 Å². The zero-order valence-corrected chi connectivity index (χ0v) is 10.5. The van der Waals surface area contributed by atoms with Gasteiger partial charge in [0.05, 0.1) is 0 Å². The van der Waals surface area contributed by atoms with Crippen molar-refractivity contribution in [1.29, 1.82) is 0 Å². The summed E-state index contributed by atoms with van der Waals surface area (Å²) in [5, 5.41) is 3.19. The van der Waals surface area contributed by atoms with E-state index in [1.54, 1.807) is 11.3 Å². The van der Waals surface area contributed by atoms with E-state index in [2.05, 4.69) is 42.2 Å². The highest BCUT2D eigenvalue weighted by Crippen LogP contribution is 2.24. The number of anilines is 1. The summed E-state index contributed by atoms with van der Waals surface area (Å²) in [6.45, 7) is 2.06. The Morgan fingerprint density at radius 2 is 2.47 bits per heavy atom. The summed E-state index contributed by atoms with van der Waals surface area (Å²) in [4.78, 5) is 12.9. The first-order chi connectivity index (χ1) is 7.33. The molecule has 0 amide bonds. The van der Waals surface area contributed by atoms with Gasteiger partial charge in [0.25, 0.3) is 0 Å². The van der Waals surface area contributed by atoms with Crippen LogP contribution >= 0.6 is 27.3 Å². The number of rotatable bonds is 1. The first-order valence-corrected chi connectivity index (χ1v) is 6.72. The van der Waals surface area contributed by atoms with Crippen LogP contribution in [0.4, 0.5) is 5.95 Å². The summed E-state index contributed by atoms with van der Waals surface area (Å²) in [7, 11) is 0. The quantitative estimate of drug-likeness (QED) is 0.754. The molecule has 5 heteroatoms. The Bertz CT molecular complexity index is 484. The van der Waals surface area contributed by atoms with Crippen molar-refractivity contribution in [3.63, 3.8) is 0 Å². The SMILES string of the molecule is BrC1CCN(c2ncc3ccsc3n2)C1. The van der Waals surface area contributed by atoms with Crippen LogP contribution in [0.1, 0.15) is 6.42 Å². The van der Waals surface area contributed by atoms with Crippen molar-refractivity contribution in [2.24, 2.45) is 0 Å². The second-order valence-corrected chi connectivity index (χ2v) is 5.87. The number of alkyl halides is 1. The molecule has 2 aromatic rings. The second-order valence-electron chi connectivity index (χ2n) is 3.68. The number of halogens is 1. The van der Waals surface area contributed by atoms with Gasteiger partial charge in [-0.1, -0.05) is 15.9 Å². The molecule has 0 aromatic carbocycles. The van der Waals surface area contributed by atoms with Crippen molar-refractivity contribution >= 4 is 43.4 Å². The topological polar surface area (TPSA) is 29.0 Å². The van der Waals surface area contributed by atoms with Crippen LogP contribution < -0.4 is 4.90 Å². The Morgan fingerprint density at radius 1 is 1.53 bits per heavy atom. The first-order valence-electron chi connectivity index (χ1n) is 4.92. The van der Waals surface area contributed by atoms with Crippen LogP contribution in [0, 0.1) is 0 Å². The minimum atomic E-state index is 0.583. The molecule has 0 bridgehead atoms. The van der Waals surface area contributed by atoms with E-state index in [1.807, 2.05) is 6.20 Å². The number of hydrogen-bond donors (Lipinski definition) is 0. The average Bonchev–Trinajstić information content (AvgIpc) is 2.84. The van der Waals surface area contributed by atoms with E-state index in [1.165, 1.54) is 6.42 Å². The standard InChI is InChI=1S/C10H10BrN3S/c11-8-1-3-14(6-8)10-12-5-7-2-4-15-9(7)13-10/h2,4-5,8H,1,3,6H2. The van der Waals surface area contributed by atoms with Gasteiger partial charge >= 0.3 is 0 Å². The summed E-state index contributed by atoms with van der Waals surface area (Å²) in [6.07, 6.45) is 3.08. The van der Waals surface area contributed by atoms with Crippen molar-refractivity contribution in [3.8, 4) is 0 Å². The van der Waals surface area contributed by atoms with Gasteiger partial charge in [-0.2, -0.15) is 0 Å². The van der Waals surface area contributed by atoms with Crippen molar-refractivity contribution in [3.05, 3.63) is 17.6 Å². The lowest BCUT2D eigenvalue weighted by Crippen LogP contribution is -2.21. The maximum absolute atomic E-state index is 4.56. The molecule has 3 heterocycles. The number of aromatic nitrogens is 2. The van der Waals surface area contributed by atoms with Gasteiger partial charge in [0, 0.05) is 29.5 Å². The molecule has 78 valence electrons. The van der Waals surface area contributed by atoms with E-state index in [0.717, 1.165) is 29.3 Å². The Balaban J connectivity index is 1.97. The predicted molar refractivity (Wildman–Crippen MR) is 67.0 cm³/mol. The zero-order valence-electron chi connectivity index (χ0n) is 8.06. The fraction of sp³-hybridized carbons (Fsp3) is 0.400. The van der Waals surface area contributed by atoms with Gasteiger partial charge < -0.3 is 4.90 Å². The van der Waals surface area contributed by atoms with Gasteiger partial charge in [-0.25, -0.2) is 9.97 Å². The molecule has 3 rings (SSSR count). The minimum absolute atomic E-state index is 0.583. The van der Waals surface area contributed by atoms with Gasteiger partial charge in [-0.05, 0) is 17.9 Å². The maximum atomic E-state index is 4.56. The van der Waals surface area contributed by atoms with E-state index in [-0.39, 0.29) is 0 Å². The molecular weight excluding hydrogens is 274 g/mol. The number of nitrogens with zero attached hydrogens (tertiary/aromatic N) is 3. The number of hydrogen-bond acceptors (Lipinski definition) is 4. The fourth-order valence-electron chi connectivity index (χ4n) is 1.80.